The molecule has 1 fully saturated rings. The molecule has 2 aliphatic rings. The van der Waals surface area contributed by atoms with Crippen LogP contribution in [0.4, 0.5) is 11.4 Å². The van der Waals surface area contributed by atoms with Crippen LogP contribution in [0.3, 0.4) is 0 Å². The number of hydrogen-bond donors (Lipinski definition) is 2. The fourth-order valence-corrected chi connectivity index (χ4v) is 4.07. The fourth-order valence-electron chi connectivity index (χ4n) is 4.07. The van der Waals surface area contributed by atoms with Crippen LogP contribution in [-0.2, 0) is 11.2 Å². The van der Waals surface area contributed by atoms with Crippen molar-refractivity contribution in [1.82, 2.24) is 4.90 Å². The topological polar surface area (TPSA) is 83.1 Å². The molecule has 4 rings (SSSR count). The quantitative estimate of drug-likeness (QED) is 0.479. The first-order chi connectivity index (χ1) is 13.7. The summed E-state index contributed by atoms with van der Waals surface area (Å²) < 4.78 is 0. The van der Waals surface area contributed by atoms with Gasteiger partial charge in [-0.1, -0.05) is 30.3 Å². The smallest absolute Gasteiger partial charge is 0.228 e. The summed E-state index contributed by atoms with van der Waals surface area (Å²) in [4.78, 5) is 18.6. The normalized spacial score (nSPS) is 18.4. The number of nitrogens with one attached hydrogen (secondary N) is 1. The number of anilines is 1. The Balaban J connectivity index is 1.35. The van der Waals surface area contributed by atoms with Gasteiger partial charge in [0.2, 0.25) is 5.91 Å². The van der Waals surface area contributed by atoms with Gasteiger partial charge >= 0.3 is 0 Å². The number of nitrogens with two attached hydrogens (primary N) is 1. The van der Waals surface area contributed by atoms with E-state index in [2.05, 4.69) is 26.4 Å². The van der Waals surface area contributed by atoms with E-state index in [0.29, 0.717) is 18.9 Å². The number of benzene rings is 2. The van der Waals surface area contributed by atoms with Crippen molar-refractivity contribution >= 4 is 29.2 Å². The molecule has 0 atom stereocenters. The SMILES string of the molecule is NN=C(C=Nc1ccccc1)CN1CCC(c2cccc3c2CC(=O)N3)CC1. The van der Waals surface area contributed by atoms with E-state index in [9.17, 15) is 4.79 Å². The van der Waals surface area contributed by atoms with Crippen molar-refractivity contribution in [3.05, 3.63) is 59.7 Å². The van der Waals surface area contributed by atoms with Crippen LogP contribution in [0.15, 0.2) is 58.6 Å². The van der Waals surface area contributed by atoms with E-state index in [0.717, 1.165) is 43.0 Å². The molecule has 144 valence electrons. The molecule has 0 spiro atoms. The molecule has 1 amide bonds. The number of piperidine rings is 1. The minimum Gasteiger partial charge on any atom is -0.326 e. The molecule has 2 heterocycles. The molecule has 0 unspecified atom stereocenters. The maximum Gasteiger partial charge on any atom is 0.228 e. The van der Waals surface area contributed by atoms with Crippen LogP contribution in [-0.4, -0.2) is 42.4 Å². The first-order valence-electron chi connectivity index (χ1n) is 9.73. The third kappa shape index (κ3) is 4.12. The molecule has 28 heavy (non-hydrogen) atoms. The van der Waals surface area contributed by atoms with Crippen molar-refractivity contribution in [3.8, 4) is 0 Å². The number of likely N-dealkylation sites (tertiary alicyclic amines) is 1. The maximum absolute atomic E-state index is 11.7. The second-order valence-electron chi connectivity index (χ2n) is 7.36. The van der Waals surface area contributed by atoms with Gasteiger partial charge in [-0.15, -0.1) is 0 Å². The Morgan fingerprint density at radius 3 is 2.68 bits per heavy atom. The number of para-hydroxylation sites is 1. The lowest BCUT2D eigenvalue weighted by molar-refractivity contribution is -0.115. The summed E-state index contributed by atoms with van der Waals surface area (Å²) in [5, 5.41) is 6.86. The van der Waals surface area contributed by atoms with Crippen molar-refractivity contribution in [2.24, 2.45) is 15.9 Å². The lowest BCUT2D eigenvalue weighted by Gasteiger charge is -2.32. The average molecular weight is 375 g/mol. The Kier molecular flexibility index (Phi) is 5.48. The van der Waals surface area contributed by atoms with Crippen LogP contribution in [0, 0.1) is 0 Å². The minimum atomic E-state index is 0.0985. The van der Waals surface area contributed by atoms with Gasteiger partial charge < -0.3 is 11.2 Å². The zero-order valence-electron chi connectivity index (χ0n) is 15.8. The zero-order valence-corrected chi connectivity index (χ0v) is 15.8. The Labute approximate surface area is 165 Å². The fraction of sp³-hybridized carbons (Fsp3) is 0.318. The van der Waals surface area contributed by atoms with E-state index >= 15 is 0 Å². The monoisotopic (exact) mass is 375 g/mol. The highest BCUT2D eigenvalue weighted by molar-refractivity contribution is 6.32. The molecule has 1 saturated heterocycles. The van der Waals surface area contributed by atoms with Crippen molar-refractivity contribution < 1.29 is 4.79 Å². The van der Waals surface area contributed by atoms with Gasteiger partial charge in [0.1, 0.15) is 0 Å². The Morgan fingerprint density at radius 2 is 1.93 bits per heavy atom. The maximum atomic E-state index is 11.7. The molecular weight excluding hydrogens is 350 g/mol. The lowest BCUT2D eigenvalue weighted by atomic mass is 9.85. The molecule has 0 aliphatic carbocycles. The van der Waals surface area contributed by atoms with Crippen molar-refractivity contribution in [2.75, 3.05) is 25.0 Å². The molecule has 0 radical (unpaired) electrons. The molecule has 2 aromatic carbocycles. The number of hydrazone groups is 1. The largest absolute Gasteiger partial charge is 0.326 e. The van der Waals surface area contributed by atoms with Crippen LogP contribution in [0.25, 0.3) is 0 Å². The molecule has 0 saturated carbocycles. The summed E-state index contributed by atoms with van der Waals surface area (Å²) in [7, 11) is 0. The summed E-state index contributed by atoms with van der Waals surface area (Å²) in [5.74, 6) is 6.17. The van der Waals surface area contributed by atoms with Gasteiger partial charge in [-0.05, 0) is 61.2 Å². The average Bonchev–Trinajstić information content (AvgIpc) is 3.12. The highest BCUT2D eigenvalue weighted by Crippen LogP contribution is 2.36. The van der Waals surface area contributed by atoms with Gasteiger partial charge in [-0.2, -0.15) is 5.10 Å². The second-order valence-corrected chi connectivity index (χ2v) is 7.36. The van der Waals surface area contributed by atoms with Gasteiger partial charge in [0.15, 0.2) is 0 Å². The minimum absolute atomic E-state index is 0.0985. The first kappa shape index (κ1) is 18.4. The van der Waals surface area contributed by atoms with Crippen LogP contribution >= 0.6 is 0 Å². The number of carbonyl (C=O) groups excluding carboxylic acids is 1. The summed E-state index contributed by atoms with van der Waals surface area (Å²) >= 11 is 0. The number of hydrogen-bond acceptors (Lipinski definition) is 5. The lowest BCUT2D eigenvalue weighted by Crippen LogP contribution is -2.37. The predicted octanol–water partition coefficient (Wildman–Crippen LogP) is 3.08. The van der Waals surface area contributed by atoms with E-state index in [1.54, 1.807) is 6.21 Å². The molecule has 6 nitrogen and oxygen atoms in total. The van der Waals surface area contributed by atoms with Gasteiger partial charge in [0, 0.05) is 12.2 Å². The van der Waals surface area contributed by atoms with E-state index in [-0.39, 0.29) is 5.91 Å². The highest BCUT2D eigenvalue weighted by atomic mass is 16.1. The van der Waals surface area contributed by atoms with Crippen LogP contribution in [0.5, 0.6) is 0 Å². The summed E-state index contributed by atoms with van der Waals surface area (Å²) in [6, 6.07) is 16.0. The Bertz CT molecular complexity index is 898. The number of amides is 1. The number of nitrogens with zero attached hydrogens (tertiary/aromatic N) is 3. The van der Waals surface area contributed by atoms with E-state index in [4.69, 9.17) is 5.84 Å². The summed E-state index contributed by atoms with van der Waals surface area (Å²) in [6.45, 7) is 2.66. The number of aliphatic imine (C=N–C) groups is 1. The van der Waals surface area contributed by atoms with Gasteiger partial charge in [-0.25, -0.2) is 0 Å². The molecular formula is C22H25N5O. The molecule has 2 aromatic rings. The second kappa shape index (κ2) is 8.35. The van der Waals surface area contributed by atoms with E-state index in [1.165, 1.54) is 11.1 Å². The number of rotatable bonds is 5. The summed E-state index contributed by atoms with van der Waals surface area (Å²) in [6.07, 6.45) is 4.39. The molecule has 0 aromatic heterocycles. The summed E-state index contributed by atoms with van der Waals surface area (Å²) in [5.41, 5.74) is 5.17. The molecule has 6 heteroatoms. The first-order valence-corrected chi connectivity index (χ1v) is 9.73. The highest BCUT2D eigenvalue weighted by Gasteiger charge is 2.27. The van der Waals surface area contributed by atoms with Crippen LogP contribution < -0.4 is 11.2 Å². The van der Waals surface area contributed by atoms with Crippen LogP contribution in [0.1, 0.15) is 29.9 Å². The Morgan fingerprint density at radius 1 is 1.14 bits per heavy atom. The van der Waals surface area contributed by atoms with Gasteiger partial charge in [0.05, 0.1) is 24.0 Å². The predicted molar refractivity (Wildman–Crippen MR) is 113 cm³/mol. The van der Waals surface area contributed by atoms with Crippen molar-refractivity contribution in [3.63, 3.8) is 0 Å². The Hall–Kier alpha value is -2.99. The third-order valence-electron chi connectivity index (χ3n) is 5.52. The van der Waals surface area contributed by atoms with Crippen molar-refractivity contribution in [1.29, 1.82) is 0 Å². The number of fused-ring (bicyclic) bond motifs is 1. The molecule has 2 aliphatic heterocycles. The zero-order chi connectivity index (χ0) is 19.3. The number of carbonyl (C=O) groups is 1. The molecule has 3 N–H and O–H groups in total. The standard InChI is InChI=1S/C22H25N5O/c23-26-18(14-24-17-5-2-1-3-6-17)15-27-11-9-16(10-12-27)19-7-4-8-21-20(19)13-22(28)25-21/h1-8,14,16H,9-13,15,23H2,(H,25,28). The third-order valence-corrected chi connectivity index (χ3v) is 5.52. The van der Waals surface area contributed by atoms with Gasteiger partial charge in [-0.3, -0.25) is 14.7 Å². The van der Waals surface area contributed by atoms with Crippen molar-refractivity contribution in [2.45, 2.75) is 25.2 Å². The van der Waals surface area contributed by atoms with Crippen LogP contribution in [0.2, 0.25) is 0 Å². The van der Waals surface area contributed by atoms with E-state index < -0.39 is 0 Å². The van der Waals surface area contributed by atoms with Gasteiger partial charge in [0.25, 0.3) is 0 Å². The van der Waals surface area contributed by atoms with E-state index in [1.807, 2.05) is 42.5 Å². The molecule has 0 bridgehead atoms.